The van der Waals surface area contributed by atoms with Gasteiger partial charge >= 0.3 is 5.97 Å². The van der Waals surface area contributed by atoms with E-state index in [2.05, 4.69) is 20.8 Å². The molecule has 4 rings (SSSR count). The zero-order valence-electron chi connectivity index (χ0n) is 14.4. The maximum absolute atomic E-state index is 12.7. The minimum Gasteiger partial charge on any atom is -0.451 e. The third-order valence-corrected chi connectivity index (χ3v) is 6.45. The summed E-state index contributed by atoms with van der Waals surface area (Å²) in [6.45, 7) is 8.62. The van der Waals surface area contributed by atoms with Gasteiger partial charge < -0.3 is 4.74 Å². The summed E-state index contributed by atoms with van der Waals surface area (Å²) in [6.07, 6.45) is 2.51. The van der Waals surface area contributed by atoms with E-state index in [9.17, 15) is 4.79 Å². The van der Waals surface area contributed by atoms with Crippen molar-refractivity contribution >= 4 is 11.7 Å². The summed E-state index contributed by atoms with van der Waals surface area (Å²) in [4.78, 5) is 17.7. The molecule has 2 saturated carbocycles. The number of ether oxygens (including phenoxy) is 1. The number of carbonyl (C=O) groups excluding carboxylic acids is 1. The maximum Gasteiger partial charge on any atom is 0.334 e. The molecule has 0 radical (unpaired) electrons. The quantitative estimate of drug-likeness (QED) is 0.779. The normalized spacial score (nSPS) is 40.5. The fourth-order valence-corrected chi connectivity index (χ4v) is 4.66. The SMILES string of the molecule is CC1(C)[C@@H]2CC3=N[C@@](C)(Cc4ccccc4)C(=O)O[C@@]3(C)C[C@@H]21. The minimum absolute atomic E-state index is 0.176. The predicted molar refractivity (Wildman–Crippen MR) is 90.5 cm³/mol. The van der Waals surface area contributed by atoms with Crippen LogP contribution >= 0.6 is 0 Å². The van der Waals surface area contributed by atoms with Crippen LogP contribution in [0.5, 0.6) is 0 Å². The van der Waals surface area contributed by atoms with E-state index in [0.717, 1.165) is 24.1 Å². The summed E-state index contributed by atoms with van der Waals surface area (Å²) < 4.78 is 5.99. The monoisotopic (exact) mass is 311 g/mol. The molecular weight excluding hydrogens is 286 g/mol. The van der Waals surface area contributed by atoms with Crippen molar-refractivity contribution in [3.8, 4) is 0 Å². The Bertz CT molecular complexity index is 693. The molecule has 23 heavy (non-hydrogen) atoms. The lowest BCUT2D eigenvalue weighted by molar-refractivity contribution is -0.162. The average Bonchev–Trinajstić information content (AvgIpc) is 2.99. The van der Waals surface area contributed by atoms with E-state index in [1.807, 2.05) is 37.3 Å². The molecule has 4 atom stereocenters. The molecule has 3 nitrogen and oxygen atoms in total. The van der Waals surface area contributed by atoms with Gasteiger partial charge in [0.1, 0.15) is 5.60 Å². The molecule has 0 unspecified atom stereocenters. The summed E-state index contributed by atoms with van der Waals surface area (Å²) in [7, 11) is 0. The van der Waals surface area contributed by atoms with Gasteiger partial charge in [0.15, 0.2) is 5.54 Å². The van der Waals surface area contributed by atoms with Crippen LogP contribution < -0.4 is 0 Å². The van der Waals surface area contributed by atoms with E-state index in [1.165, 1.54) is 0 Å². The molecule has 0 N–H and O–H groups in total. The van der Waals surface area contributed by atoms with Crippen LogP contribution in [0.1, 0.15) is 46.1 Å². The predicted octanol–water partition coefficient (Wildman–Crippen LogP) is 3.81. The van der Waals surface area contributed by atoms with Crippen molar-refractivity contribution in [3.63, 3.8) is 0 Å². The highest BCUT2D eigenvalue weighted by Gasteiger charge is 2.65. The fourth-order valence-electron chi connectivity index (χ4n) is 4.66. The van der Waals surface area contributed by atoms with Crippen LogP contribution in [-0.2, 0) is 16.0 Å². The zero-order chi connectivity index (χ0) is 16.5. The Labute approximate surface area is 138 Å². The van der Waals surface area contributed by atoms with Crippen LogP contribution in [0, 0.1) is 17.3 Å². The number of hydrogen-bond acceptors (Lipinski definition) is 3. The number of esters is 1. The Kier molecular flexibility index (Phi) is 2.89. The molecule has 122 valence electrons. The second kappa shape index (κ2) is 4.46. The summed E-state index contributed by atoms with van der Waals surface area (Å²) in [5.74, 6) is 1.19. The highest BCUT2D eigenvalue weighted by atomic mass is 16.6. The Morgan fingerprint density at radius 1 is 1.13 bits per heavy atom. The lowest BCUT2D eigenvalue weighted by Crippen LogP contribution is -2.55. The van der Waals surface area contributed by atoms with Gasteiger partial charge in [0.25, 0.3) is 0 Å². The van der Waals surface area contributed by atoms with Crippen LogP contribution in [0.4, 0.5) is 0 Å². The number of rotatable bonds is 2. The second-order valence-corrected chi connectivity index (χ2v) is 8.56. The molecule has 1 heterocycles. The zero-order valence-corrected chi connectivity index (χ0v) is 14.4. The van der Waals surface area contributed by atoms with Crippen molar-refractivity contribution < 1.29 is 9.53 Å². The largest absolute Gasteiger partial charge is 0.451 e. The maximum atomic E-state index is 12.7. The van der Waals surface area contributed by atoms with Crippen molar-refractivity contribution in [3.05, 3.63) is 35.9 Å². The molecule has 1 aromatic carbocycles. The van der Waals surface area contributed by atoms with Gasteiger partial charge in [-0.3, -0.25) is 4.99 Å². The third-order valence-electron chi connectivity index (χ3n) is 6.45. The number of carbonyl (C=O) groups is 1. The first kappa shape index (κ1) is 14.9. The van der Waals surface area contributed by atoms with Gasteiger partial charge in [-0.05, 0) is 49.5 Å². The minimum atomic E-state index is -0.790. The van der Waals surface area contributed by atoms with E-state index in [-0.39, 0.29) is 5.97 Å². The lowest BCUT2D eigenvalue weighted by atomic mass is 9.80. The van der Waals surface area contributed by atoms with Gasteiger partial charge in [-0.25, -0.2) is 4.79 Å². The standard InChI is InChI=1S/C20H25NO2/c1-18(2)14-10-16-20(4,12-15(14)18)23-17(22)19(3,21-16)11-13-8-6-5-7-9-13/h5-9,14-15H,10-12H2,1-4H3/t14-,15+,19+,20+/m1/s1. The van der Waals surface area contributed by atoms with Crippen LogP contribution in [-0.4, -0.2) is 22.8 Å². The summed E-state index contributed by atoms with van der Waals surface area (Å²) in [5, 5.41) is 0. The number of fused-ring (bicyclic) bond motifs is 2. The Balaban J connectivity index is 1.67. The average molecular weight is 311 g/mol. The molecule has 0 saturated heterocycles. The molecule has 0 bridgehead atoms. The van der Waals surface area contributed by atoms with Crippen LogP contribution in [0.3, 0.4) is 0 Å². The van der Waals surface area contributed by atoms with Crippen LogP contribution in [0.15, 0.2) is 35.3 Å². The first-order valence-electron chi connectivity index (χ1n) is 8.61. The second-order valence-electron chi connectivity index (χ2n) is 8.56. The van der Waals surface area contributed by atoms with E-state index < -0.39 is 11.1 Å². The van der Waals surface area contributed by atoms with Crippen molar-refractivity contribution in [2.75, 3.05) is 0 Å². The molecule has 3 aliphatic rings. The Hall–Kier alpha value is -1.64. The van der Waals surface area contributed by atoms with Gasteiger partial charge in [0.05, 0.1) is 5.71 Å². The molecule has 2 aliphatic carbocycles. The summed E-state index contributed by atoms with van der Waals surface area (Å²) in [6, 6.07) is 10.1. The van der Waals surface area contributed by atoms with Crippen molar-refractivity contribution in [2.24, 2.45) is 22.2 Å². The lowest BCUT2D eigenvalue weighted by Gasteiger charge is -2.42. The van der Waals surface area contributed by atoms with E-state index in [1.54, 1.807) is 0 Å². The molecule has 1 aromatic rings. The van der Waals surface area contributed by atoms with Gasteiger partial charge in [0, 0.05) is 6.42 Å². The van der Waals surface area contributed by atoms with Gasteiger partial charge in [-0.1, -0.05) is 44.2 Å². The number of nitrogens with zero attached hydrogens (tertiary/aromatic N) is 1. The molecule has 0 amide bonds. The third kappa shape index (κ3) is 2.16. The van der Waals surface area contributed by atoms with Gasteiger partial charge in [0.2, 0.25) is 0 Å². The summed E-state index contributed by atoms with van der Waals surface area (Å²) >= 11 is 0. The highest BCUT2D eigenvalue weighted by molar-refractivity contribution is 6.01. The van der Waals surface area contributed by atoms with E-state index in [0.29, 0.717) is 23.7 Å². The number of aliphatic imine (C=N–C) groups is 1. The van der Waals surface area contributed by atoms with Crippen molar-refractivity contribution in [2.45, 2.75) is 58.1 Å². The molecule has 3 heteroatoms. The smallest absolute Gasteiger partial charge is 0.334 e. The first-order valence-corrected chi connectivity index (χ1v) is 8.61. The molecule has 1 aliphatic heterocycles. The number of hydrogen-bond donors (Lipinski definition) is 0. The molecule has 2 fully saturated rings. The van der Waals surface area contributed by atoms with E-state index >= 15 is 0 Å². The first-order chi connectivity index (χ1) is 10.7. The van der Waals surface area contributed by atoms with Crippen LogP contribution in [0.25, 0.3) is 0 Å². The topological polar surface area (TPSA) is 38.7 Å². The van der Waals surface area contributed by atoms with Gasteiger partial charge in [-0.2, -0.15) is 0 Å². The molecule has 0 aromatic heterocycles. The van der Waals surface area contributed by atoms with Crippen LogP contribution in [0.2, 0.25) is 0 Å². The van der Waals surface area contributed by atoms with E-state index in [4.69, 9.17) is 9.73 Å². The van der Waals surface area contributed by atoms with Gasteiger partial charge in [-0.15, -0.1) is 0 Å². The Morgan fingerprint density at radius 2 is 1.83 bits per heavy atom. The molecule has 0 spiro atoms. The molecular formula is C20H25NO2. The summed E-state index contributed by atoms with van der Waals surface area (Å²) in [5.41, 5.74) is 1.32. The van der Waals surface area contributed by atoms with Crippen molar-refractivity contribution in [1.82, 2.24) is 0 Å². The number of benzene rings is 1. The Morgan fingerprint density at radius 3 is 2.52 bits per heavy atom. The highest BCUT2D eigenvalue weighted by Crippen LogP contribution is 2.66. The van der Waals surface area contributed by atoms with Crippen molar-refractivity contribution in [1.29, 1.82) is 0 Å². The fraction of sp³-hybridized carbons (Fsp3) is 0.600.